The van der Waals surface area contributed by atoms with Gasteiger partial charge in [-0.2, -0.15) is 0 Å². The molecule has 4 heteroatoms. The zero-order valence-corrected chi connectivity index (χ0v) is 10.2. The second kappa shape index (κ2) is 5.98. The van der Waals surface area contributed by atoms with E-state index in [0.29, 0.717) is 5.69 Å². The number of anilines is 1. The Morgan fingerprint density at radius 2 is 2.12 bits per heavy atom. The minimum Gasteiger partial charge on any atom is -0.381 e. The molecular formula is C13H19FN2O. The van der Waals surface area contributed by atoms with E-state index in [1.54, 1.807) is 12.1 Å². The van der Waals surface area contributed by atoms with Crippen molar-refractivity contribution >= 4 is 5.69 Å². The second-order valence-electron chi connectivity index (χ2n) is 4.36. The Hall–Kier alpha value is -1.13. The molecule has 0 aromatic heterocycles. The molecule has 17 heavy (non-hydrogen) atoms. The number of aryl methyl sites for hydroxylation is 1. The lowest BCUT2D eigenvalue weighted by Crippen LogP contribution is -2.39. The van der Waals surface area contributed by atoms with Gasteiger partial charge in [-0.1, -0.05) is 6.07 Å². The maximum atomic E-state index is 13.5. The van der Waals surface area contributed by atoms with Gasteiger partial charge in [-0.3, -0.25) is 4.90 Å². The molecule has 0 unspecified atom stereocenters. The maximum Gasteiger partial charge on any atom is 0.146 e. The molecule has 0 bridgehead atoms. The molecule has 1 aromatic carbocycles. The van der Waals surface area contributed by atoms with Gasteiger partial charge in [0, 0.05) is 26.2 Å². The lowest BCUT2D eigenvalue weighted by atomic mass is 10.2. The second-order valence-corrected chi connectivity index (χ2v) is 4.36. The van der Waals surface area contributed by atoms with Crippen LogP contribution in [-0.4, -0.2) is 44.3 Å². The molecule has 0 amide bonds. The van der Waals surface area contributed by atoms with Crippen molar-refractivity contribution in [3.8, 4) is 0 Å². The normalized spacial score (nSPS) is 17.1. The fourth-order valence-corrected chi connectivity index (χ4v) is 1.94. The van der Waals surface area contributed by atoms with Gasteiger partial charge in [0.25, 0.3) is 0 Å². The predicted octanol–water partition coefficient (Wildman–Crippen LogP) is 1.88. The average Bonchev–Trinajstić information content (AvgIpc) is 2.33. The van der Waals surface area contributed by atoms with Gasteiger partial charge in [-0.15, -0.1) is 0 Å². The molecule has 0 aliphatic carbocycles. The highest BCUT2D eigenvalue weighted by Crippen LogP contribution is 2.14. The van der Waals surface area contributed by atoms with E-state index in [9.17, 15) is 4.39 Å². The summed E-state index contributed by atoms with van der Waals surface area (Å²) in [6.45, 7) is 7.13. The molecule has 0 saturated carbocycles. The molecule has 0 radical (unpaired) electrons. The van der Waals surface area contributed by atoms with Gasteiger partial charge in [0.2, 0.25) is 0 Å². The first kappa shape index (κ1) is 12.3. The van der Waals surface area contributed by atoms with Crippen LogP contribution < -0.4 is 5.32 Å². The molecule has 2 rings (SSSR count). The van der Waals surface area contributed by atoms with Crippen LogP contribution in [0.4, 0.5) is 10.1 Å². The van der Waals surface area contributed by atoms with Crippen LogP contribution in [-0.2, 0) is 4.74 Å². The summed E-state index contributed by atoms with van der Waals surface area (Å²) >= 11 is 0. The Bertz CT molecular complexity index is 364. The van der Waals surface area contributed by atoms with E-state index in [-0.39, 0.29) is 5.82 Å². The quantitative estimate of drug-likeness (QED) is 0.866. The third-order valence-electron chi connectivity index (χ3n) is 2.97. The van der Waals surface area contributed by atoms with Gasteiger partial charge >= 0.3 is 0 Å². The van der Waals surface area contributed by atoms with E-state index in [1.807, 2.05) is 13.0 Å². The molecule has 0 atom stereocenters. The van der Waals surface area contributed by atoms with Crippen molar-refractivity contribution in [2.75, 3.05) is 44.7 Å². The number of hydrogen-bond donors (Lipinski definition) is 1. The Balaban J connectivity index is 1.77. The highest BCUT2D eigenvalue weighted by Gasteiger charge is 2.09. The van der Waals surface area contributed by atoms with Gasteiger partial charge in [-0.05, 0) is 24.6 Å². The number of nitrogens with one attached hydrogen (secondary N) is 1. The molecule has 94 valence electrons. The van der Waals surface area contributed by atoms with E-state index >= 15 is 0 Å². The van der Waals surface area contributed by atoms with Crippen LogP contribution >= 0.6 is 0 Å². The zero-order chi connectivity index (χ0) is 12.1. The number of hydrogen-bond acceptors (Lipinski definition) is 3. The first-order chi connectivity index (χ1) is 8.25. The van der Waals surface area contributed by atoms with Crippen molar-refractivity contribution in [2.24, 2.45) is 0 Å². The SMILES string of the molecule is Cc1ccc(NCCN2CCOCC2)c(F)c1. The Morgan fingerprint density at radius 3 is 2.82 bits per heavy atom. The monoisotopic (exact) mass is 238 g/mol. The molecule has 0 spiro atoms. The molecule has 1 fully saturated rings. The van der Waals surface area contributed by atoms with E-state index < -0.39 is 0 Å². The lowest BCUT2D eigenvalue weighted by molar-refractivity contribution is 0.0398. The van der Waals surface area contributed by atoms with Gasteiger partial charge in [0.1, 0.15) is 5.82 Å². The first-order valence-corrected chi connectivity index (χ1v) is 6.06. The van der Waals surface area contributed by atoms with Crippen LogP contribution in [0.15, 0.2) is 18.2 Å². The van der Waals surface area contributed by atoms with Crippen molar-refractivity contribution in [1.82, 2.24) is 4.90 Å². The number of morpholine rings is 1. The summed E-state index contributed by atoms with van der Waals surface area (Å²) in [4.78, 5) is 2.32. The fourth-order valence-electron chi connectivity index (χ4n) is 1.94. The molecule has 1 N–H and O–H groups in total. The number of rotatable bonds is 4. The highest BCUT2D eigenvalue weighted by atomic mass is 19.1. The summed E-state index contributed by atoms with van der Waals surface area (Å²) in [5.41, 5.74) is 1.53. The lowest BCUT2D eigenvalue weighted by Gasteiger charge is -2.26. The van der Waals surface area contributed by atoms with E-state index in [1.165, 1.54) is 0 Å². The van der Waals surface area contributed by atoms with Gasteiger partial charge < -0.3 is 10.1 Å². The summed E-state index contributed by atoms with van der Waals surface area (Å²) in [6, 6.07) is 5.27. The molecule has 3 nitrogen and oxygen atoms in total. The summed E-state index contributed by atoms with van der Waals surface area (Å²) in [5, 5.41) is 3.13. The van der Waals surface area contributed by atoms with Crippen LogP contribution in [0.25, 0.3) is 0 Å². The summed E-state index contributed by atoms with van der Waals surface area (Å²) in [7, 11) is 0. The third kappa shape index (κ3) is 3.68. The molecule has 1 aliphatic rings. The van der Waals surface area contributed by atoms with Gasteiger partial charge in [-0.25, -0.2) is 4.39 Å². The minimum atomic E-state index is -0.174. The first-order valence-electron chi connectivity index (χ1n) is 6.06. The van der Waals surface area contributed by atoms with Crippen molar-refractivity contribution < 1.29 is 9.13 Å². The fraction of sp³-hybridized carbons (Fsp3) is 0.538. The Morgan fingerprint density at radius 1 is 1.35 bits per heavy atom. The van der Waals surface area contributed by atoms with E-state index in [4.69, 9.17) is 4.74 Å². The van der Waals surface area contributed by atoms with Gasteiger partial charge in [0.05, 0.1) is 18.9 Å². The smallest absolute Gasteiger partial charge is 0.146 e. The maximum absolute atomic E-state index is 13.5. The summed E-state index contributed by atoms with van der Waals surface area (Å²) < 4.78 is 18.8. The number of benzene rings is 1. The van der Waals surface area contributed by atoms with E-state index in [0.717, 1.165) is 45.0 Å². The molecule has 1 aromatic rings. The Kier molecular flexibility index (Phi) is 4.34. The third-order valence-corrected chi connectivity index (χ3v) is 2.97. The standard InChI is InChI=1S/C13H19FN2O/c1-11-2-3-13(12(14)10-11)15-4-5-16-6-8-17-9-7-16/h2-3,10,15H,4-9H2,1H3. The van der Waals surface area contributed by atoms with Crippen molar-refractivity contribution in [3.05, 3.63) is 29.6 Å². The Labute approximate surface area is 102 Å². The molecule has 1 aliphatic heterocycles. The molecular weight excluding hydrogens is 219 g/mol. The van der Waals surface area contributed by atoms with E-state index in [2.05, 4.69) is 10.2 Å². The van der Waals surface area contributed by atoms with Crippen molar-refractivity contribution in [3.63, 3.8) is 0 Å². The number of ether oxygens (including phenoxy) is 1. The number of nitrogens with zero attached hydrogens (tertiary/aromatic N) is 1. The highest BCUT2D eigenvalue weighted by molar-refractivity contribution is 5.46. The number of halogens is 1. The van der Waals surface area contributed by atoms with Crippen LogP contribution in [0, 0.1) is 12.7 Å². The average molecular weight is 238 g/mol. The zero-order valence-electron chi connectivity index (χ0n) is 10.2. The minimum absolute atomic E-state index is 0.174. The van der Waals surface area contributed by atoms with Crippen LogP contribution in [0.5, 0.6) is 0 Å². The molecule has 1 heterocycles. The largest absolute Gasteiger partial charge is 0.381 e. The topological polar surface area (TPSA) is 24.5 Å². The van der Waals surface area contributed by atoms with Crippen LogP contribution in [0.1, 0.15) is 5.56 Å². The van der Waals surface area contributed by atoms with Gasteiger partial charge in [0.15, 0.2) is 0 Å². The molecule has 1 saturated heterocycles. The summed E-state index contributed by atoms with van der Waals surface area (Å²) in [5.74, 6) is -0.174. The van der Waals surface area contributed by atoms with Crippen molar-refractivity contribution in [2.45, 2.75) is 6.92 Å². The van der Waals surface area contributed by atoms with Crippen LogP contribution in [0.3, 0.4) is 0 Å². The predicted molar refractivity (Wildman–Crippen MR) is 66.9 cm³/mol. The van der Waals surface area contributed by atoms with Crippen LogP contribution in [0.2, 0.25) is 0 Å². The summed E-state index contributed by atoms with van der Waals surface area (Å²) in [6.07, 6.45) is 0. The van der Waals surface area contributed by atoms with Crippen molar-refractivity contribution in [1.29, 1.82) is 0 Å².